The standard InChI is InChI=1S/C8H12N2O.C2H6/c1-7-2-3-9-8(6-7)10-4-5-11;1-2/h2-3,6,11H,4-5H2,1H3,(H,9,10);1-2H3. The number of anilines is 1. The Hall–Kier alpha value is -1.09. The van der Waals surface area contributed by atoms with Gasteiger partial charge >= 0.3 is 0 Å². The van der Waals surface area contributed by atoms with E-state index in [0.29, 0.717) is 6.54 Å². The molecule has 3 heteroatoms. The molecule has 0 aromatic carbocycles. The van der Waals surface area contributed by atoms with Gasteiger partial charge in [0.25, 0.3) is 0 Å². The Bertz CT molecular complexity index is 226. The molecule has 0 amide bonds. The molecule has 3 nitrogen and oxygen atoms in total. The van der Waals surface area contributed by atoms with Crippen molar-refractivity contribution < 1.29 is 5.11 Å². The summed E-state index contributed by atoms with van der Waals surface area (Å²) in [6.07, 6.45) is 1.75. The highest BCUT2D eigenvalue weighted by Crippen LogP contribution is 2.03. The van der Waals surface area contributed by atoms with Crippen LogP contribution in [0.25, 0.3) is 0 Å². The number of pyridine rings is 1. The van der Waals surface area contributed by atoms with Crippen molar-refractivity contribution in [2.45, 2.75) is 20.8 Å². The summed E-state index contributed by atoms with van der Waals surface area (Å²) >= 11 is 0. The molecule has 0 saturated carbocycles. The Morgan fingerprint density at radius 3 is 2.69 bits per heavy atom. The minimum Gasteiger partial charge on any atom is -0.395 e. The van der Waals surface area contributed by atoms with E-state index in [9.17, 15) is 0 Å². The molecular formula is C10H18N2O. The summed E-state index contributed by atoms with van der Waals surface area (Å²) in [4.78, 5) is 4.05. The van der Waals surface area contributed by atoms with Crippen LogP contribution in [0.3, 0.4) is 0 Å². The number of hydrogen-bond donors (Lipinski definition) is 2. The maximum absolute atomic E-state index is 8.51. The molecule has 74 valence electrons. The fourth-order valence-electron chi connectivity index (χ4n) is 0.817. The lowest BCUT2D eigenvalue weighted by atomic mass is 10.3. The van der Waals surface area contributed by atoms with E-state index in [1.54, 1.807) is 6.20 Å². The van der Waals surface area contributed by atoms with E-state index in [1.807, 2.05) is 32.9 Å². The summed E-state index contributed by atoms with van der Waals surface area (Å²) in [5.74, 6) is 0.819. The van der Waals surface area contributed by atoms with Crippen LogP contribution in [0.5, 0.6) is 0 Å². The third kappa shape index (κ3) is 5.20. The largest absolute Gasteiger partial charge is 0.395 e. The van der Waals surface area contributed by atoms with Gasteiger partial charge in [-0.3, -0.25) is 0 Å². The summed E-state index contributed by atoms with van der Waals surface area (Å²) in [7, 11) is 0. The van der Waals surface area contributed by atoms with Gasteiger partial charge in [0, 0.05) is 12.7 Å². The van der Waals surface area contributed by atoms with Crippen LogP contribution in [-0.4, -0.2) is 23.2 Å². The van der Waals surface area contributed by atoms with E-state index in [0.717, 1.165) is 5.82 Å². The molecule has 0 spiro atoms. The van der Waals surface area contributed by atoms with Crippen molar-refractivity contribution in [1.29, 1.82) is 0 Å². The Balaban J connectivity index is 0.000000671. The van der Waals surface area contributed by atoms with Gasteiger partial charge in [-0.1, -0.05) is 13.8 Å². The third-order valence-electron chi connectivity index (χ3n) is 1.33. The Morgan fingerprint density at radius 1 is 1.46 bits per heavy atom. The predicted molar refractivity (Wildman–Crippen MR) is 55.9 cm³/mol. The van der Waals surface area contributed by atoms with Gasteiger partial charge in [-0.05, 0) is 24.6 Å². The molecule has 0 saturated heterocycles. The van der Waals surface area contributed by atoms with E-state index < -0.39 is 0 Å². The molecule has 13 heavy (non-hydrogen) atoms. The first-order valence-corrected chi connectivity index (χ1v) is 4.60. The van der Waals surface area contributed by atoms with Crippen molar-refractivity contribution in [3.8, 4) is 0 Å². The second-order valence-corrected chi connectivity index (χ2v) is 2.37. The van der Waals surface area contributed by atoms with Gasteiger partial charge in [0.15, 0.2) is 0 Å². The van der Waals surface area contributed by atoms with E-state index >= 15 is 0 Å². The quantitative estimate of drug-likeness (QED) is 0.749. The fourth-order valence-corrected chi connectivity index (χ4v) is 0.817. The van der Waals surface area contributed by atoms with Crippen molar-refractivity contribution in [2.24, 2.45) is 0 Å². The topological polar surface area (TPSA) is 45.2 Å². The average molecular weight is 182 g/mol. The van der Waals surface area contributed by atoms with Crippen LogP contribution in [0, 0.1) is 6.92 Å². The minimum atomic E-state index is 0.135. The number of aromatic nitrogens is 1. The van der Waals surface area contributed by atoms with Crippen molar-refractivity contribution in [1.82, 2.24) is 4.98 Å². The van der Waals surface area contributed by atoms with Crippen LogP contribution in [0.4, 0.5) is 5.82 Å². The molecule has 0 aliphatic heterocycles. The van der Waals surface area contributed by atoms with Crippen LogP contribution in [0.2, 0.25) is 0 Å². The van der Waals surface area contributed by atoms with Gasteiger partial charge in [0.2, 0.25) is 0 Å². The van der Waals surface area contributed by atoms with Gasteiger partial charge < -0.3 is 10.4 Å². The summed E-state index contributed by atoms with van der Waals surface area (Å²) < 4.78 is 0. The van der Waals surface area contributed by atoms with Crippen LogP contribution in [0.15, 0.2) is 18.3 Å². The molecular weight excluding hydrogens is 164 g/mol. The smallest absolute Gasteiger partial charge is 0.126 e. The number of aliphatic hydroxyl groups excluding tert-OH is 1. The summed E-state index contributed by atoms with van der Waals surface area (Å²) in [5.41, 5.74) is 1.17. The zero-order chi connectivity index (χ0) is 10.1. The SMILES string of the molecule is CC.Cc1ccnc(NCCO)c1. The molecule has 0 aliphatic rings. The second kappa shape index (κ2) is 7.55. The lowest BCUT2D eigenvalue weighted by Crippen LogP contribution is -2.06. The van der Waals surface area contributed by atoms with Crippen molar-refractivity contribution >= 4 is 5.82 Å². The monoisotopic (exact) mass is 182 g/mol. The summed E-state index contributed by atoms with van der Waals surface area (Å²) in [5, 5.41) is 11.5. The first-order valence-electron chi connectivity index (χ1n) is 4.60. The van der Waals surface area contributed by atoms with E-state index in [4.69, 9.17) is 5.11 Å². The number of aliphatic hydroxyl groups is 1. The molecule has 0 atom stereocenters. The van der Waals surface area contributed by atoms with Gasteiger partial charge in [-0.2, -0.15) is 0 Å². The van der Waals surface area contributed by atoms with E-state index in [1.165, 1.54) is 5.56 Å². The zero-order valence-corrected chi connectivity index (χ0v) is 8.54. The molecule has 0 unspecified atom stereocenters. The number of aryl methyl sites for hydroxylation is 1. The van der Waals surface area contributed by atoms with Gasteiger partial charge in [0.1, 0.15) is 5.82 Å². The highest BCUT2D eigenvalue weighted by Gasteiger charge is 1.90. The fraction of sp³-hybridized carbons (Fsp3) is 0.500. The number of nitrogens with zero attached hydrogens (tertiary/aromatic N) is 1. The van der Waals surface area contributed by atoms with Gasteiger partial charge in [-0.15, -0.1) is 0 Å². The molecule has 0 radical (unpaired) electrons. The predicted octanol–water partition coefficient (Wildman–Crippen LogP) is 1.82. The van der Waals surface area contributed by atoms with E-state index in [2.05, 4.69) is 10.3 Å². The minimum absolute atomic E-state index is 0.135. The molecule has 0 bridgehead atoms. The summed E-state index contributed by atoms with van der Waals surface area (Å²) in [6.45, 7) is 6.69. The van der Waals surface area contributed by atoms with Crippen molar-refractivity contribution in [3.05, 3.63) is 23.9 Å². The first-order chi connectivity index (χ1) is 6.33. The highest BCUT2D eigenvalue weighted by atomic mass is 16.3. The zero-order valence-electron chi connectivity index (χ0n) is 8.54. The summed E-state index contributed by atoms with van der Waals surface area (Å²) in [6, 6.07) is 3.87. The Kier molecular flexibility index (Phi) is 6.92. The molecule has 1 rings (SSSR count). The molecule has 1 aromatic heterocycles. The van der Waals surface area contributed by atoms with Gasteiger partial charge in [-0.25, -0.2) is 4.98 Å². The normalized spacial score (nSPS) is 8.62. The van der Waals surface area contributed by atoms with Crippen LogP contribution >= 0.6 is 0 Å². The second-order valence-electron chi connectivity index (χ2n) is 2.37. The van der Waals surface area contributed by atoms with Crippen molar-refractivity contribution in [3.63, 3.8) is 0 Å². The van der Waals surface area contributed by atoms with Crippen LogP contribution in [-0.2, 0) is 0 Å². The maximum atomic E-state index is 8.51. The van der Waals surface area contributed by atoms with Crippen LogP contribution < -0.4 is 5.32 Å². The molecule has 1 aromatic rings. The van der Waals surface area contributed by atoms with E-state index in [-0.39, 0.29) is 6.61 Å². The lowest BCUT2D eigenvalue weighted by Gasteiger charge is -2.02. The van der Waals surface area contributed by atoms with Crippen LogP contribution in [0.1, 0.15) is 19.4 Å². The number of hydrogen-bond acceptors (Lipinski definition) is 3. The lowest BCUT2D eigenvalue weighted by molar-refractivity contribution is 0.311. The Morgan fingerprint density at radius 2 is 2.15 bits per heavy atom. The number of nitrogens with one attached hydrogen (secondary N) is 1. The molecule has 1 heterocycles. The molecule has 0 aliphatic carbocycles. The maximum Gasteiger partial charge on any atom is 0.126 e. The third-order valence-corrected chi connectivity index (χ3v) is 1.33. The Labute approximate surface area is 79.8 Å². The van der Waals surface area contributed by atoms with Crippen molar-refractivity contribution in [2.75, 3.05) is 18.5 Å². The molecule has 0 fully saturated rings. The average Bonchev–Trinajstić information content (AvgIpc) is 2.18. The molecule has 2 N–H and O–H groups in total. The first kappa shape index (κ1) is 11.9. The number of rotatable bonds is 3. The highest BCUT2D eigenvalue weighted by molar-refractivity contribution is 5.36. The van der Waals surface area contributed by atoms with Gasteiger partial charge in [0.05, 0.1) is 6.61 Å².